The van der Waals surface area contributed by atoms with Gasteiger partial charge in [0.15, 0.2) is 0 Å². The molecule has 0 atom stereocenters. The number of rotatable bonds is 1. The molecule has 2 rings (SSSR count). The van der Waals surface area contributed by atoms with Crippen molar-refractivity contribution in [2.24, 2.45) is 9.98 Å². The molecule has 92 valence electrons. The van der Waals surface area contributed by atoms with Crippen molar-refractivity contribution in [3.8, 4) is 0 Å². The monoisotopic (exact) mass is 241 g/mol. The Bertz CT molecular complexity index is 597. The van der Waals surface area contributed by atoms with Crippen molar-refractivity contribution >= 4 is 23.3 Å². The first kappa shape index (κ1) is 12.2. The normalized spacial score (nSPS) is 17.7. The van der Waals surface area contributed by atoms with E-state index in [0.29, 0.717) is 17.2 Å². The van der Waals surface area contributed by atoms with Gasteiger partial charge in [-0.2, -0.15) is 0 Å². The maximum absolute atomic E-state index is 11.6. The van der Waals surface area contributed by atoms with Crippen LogP contribution in [0.25, 0.3) is 0 Å². The van der Waals surface area contributed by atoms with Gasteiger partial charge in [-0.1, -0.05) is 12.6 Å². The first-order valence-electron chi connectivity index (χ1n) is 5.69. The zero-order chi connectivity index (χ0) is 13.3. The predicted molar refractivity (Wildman–Crippen MR) is 73.4 cm³/mol. The van der Waals surface area contributed by atoms with E-state index in [9.17, 15) is 4.79 Å². The number of hydrogen-bond acceptors (Lipinski definition) is 2. The molecular weight excluding hydrogens is 226 g/mol. The first-order chi connectivity index (χ1) is 8.47. The molecule has 1 heterocycles. The fraction of sp³-hybridized carbons (Fsp3) is 0.214. The van der Waals surface area contributed by atoms with Crippen LogP contribution in [-0.4, -0.2) is 17.6 Å². The standard InChI is InChI=1S/C14H15N3O/c1-8-5-6-12(7-9(8)2)16-14-15-11(4)10(3)13(18)17-14/h5-7H,3H2,1-2,4H3,(H,16,17,18). The summed E-state index contributed by atoms with van der Waals surface area (Å²) in [5, 5.41) is 2.60. The number of nitrogens with one attached hydrogen (secondary N) is 1. The van der Waals surface area contributed by atoms with E-state index in [1.54, 1.807) is 6.92 Å². The molecule has 1 aliphatic heterocycles. The summed E-state index contributed by atoms with van der Waals surface area (Å²) in [4.78, 5) is 20.1. The van der Waals surface area contributed by atoms with Crippen LogP contribution in [0.4, 0.5) is 5.69 Å². The van der Waals surface area contributed by atoms with Gasteiger partial charge in [0.2, 0.25) is 5.96 Å². The smallest absolute Gasteiger partial charge is 0.259 e. The minimum absolute atomic E-state index is 0.245. The lowest BCUT2D eigenvalue weighted by Crippen LogP contribution is -2.37. The molecule has 0 saturated carbocycles. The molecule has 4 nitrogen and oxygen atoms in total. The van der Waals surface area contributed by atoms with Gasteiger partial charge in [0, 0.05) is 0 Å². The minimum atomic E-state index is -0.245. The Balaban J connectivity index is 2.37. The summed E-state index contributed by atoms with van der Waals surface area (Å²) in [5.41, 5.74) is 4.12. The summed E-state index contributed by atoms with van der Waals surface area (Å²) < 4.78 is 0. The highest BCUT2D eigenvalue weighted by Gasteiger charge is 2.18. The second kappa shape index (κ2) is 4.56. The molecule has 4 heteroatoms. The van der Waals surface area contributed by atoms with Gasteiger partial charge in [-0.15, -0.1) is 0 Å². The van der Waals surface area contributed by atoms with Crippen LogP contribution in [0.1, 0.15) is 18.1 Å². The number of amides is 1. The number of nitrogens with zero attached hydrogens (tertiary/aromatic N) is 2. The third-order valence-corrected chi connectivity index (χ3v) is 2.94. The Morgan fingerprint density at radius 2 is 1.94 bits per heavy atom. The zero-order valence-corrected chi connectivity index (χ0v) is 10.7. The van der Waals surface area contributed by atoms with Gasteiger partial charge in [-0.25, -0.2) is 9.98 Å². The molecule has 1 aromatic carbocycles. The third kappa shape index (κ3) is 2.37. The lowest BCUT2D eigenvalue weighted by Gasteiger charge is -2.13. The Kier molecular flexibility index (Phi) is 3.10. The van der Waals surface area contributed by atoms with Crippen LogP contribution in [0.5, 0.6) is 0 Å². The Labute approximate surface area is 106 Å². The summed E-state index contributed by atoms with van der Waals surface area (Å²) >= 11 is 0. The van der Waals surface area contributed by atoms with Crippen LogP contribution in [-0.2, 0) is 4.79 Å². The van der Waals surface area contributed by atoms with Crippen molar-refractivity contribution in [1.82, 2.24) is 5.32 Å². The highest BCUT2D eigenvalue weighted by Crippen LogP contribution is 2.18. The second-order valence-electron chi connectivity index (χ2n) is 4.33. The Morgan fingerprint density at radius 1 is 1.22 bits per heavy atom. The van der Waals surface area contributed by atoms with E-state index in [4.69, 9.17) is 0 Å². The van der Waals surface area contributed by atoms with E-state index in [1.165, 1.54) is 5.56 Å². The molecular formula is C14H15N3O. The van der Waals surface area contributed by atoms with Gasteiger partial charge in [0.05, 0.1) is 17.0 Å². The molecule has 0 unspecified atom stereocenters. The van der Waals surface area contributed by atoms with Crippen molar-refractivity contribution < 1.29 is 4.79 Å². The quantitative estimate of drug-likeness (QED) is 0.754. The molecule has 0 fully saturated rings. The summed E-state index contributed by atoms with van der Waals surface area (Å²) in [6.45, 7) is 9.46. The SMILES string of the molecule is C=C1C(=O)NC(=Nc2ccc(C)c(C)c2)N=C1C. The molecule has 1 aromatic rings. The fourth-order valence-electron chi connectivity index (χ4n) is 1.57. The number of hydrogen-bond donors (Lipinski definition) is 1. The molecule has 0 radical (unpaired) electrons. The van der Waals surface area contributed by atoms with Crippen LogP contribution in [0.2, 0.25) is 0 Å². The molecule has 18 heavy (non-hydrogen) atoms. The molecule has 1 amide bonds. The van der Waals surface area contributed by atoms with Gasteiger partial charge in [-0.3, -0.25) is 10.1 Å². The number of carbonyl (C=O) groups is 1. The molecule has 0 bridgehead atoms. The number of carbonyl (C=O) groups excluding carboxylic acids is 1. The average Bonchev–Trinajstić information content (AvgIpc) is 2.31. The van der Waals surface area contributed by atoms with Crippen molar-refractivity contribution in [2.45, 2.75) is 20.8 Å². The first-order valence-corrected chi connectivity index (χ1v) is 5.69. The number of aliphatic imine (C=N–C) groups is 2. The van der Waals surface area contributed by atoms with E-state index >= 15 is 0 Å². The summed E-state index contributed by atoms with van der Waals surface area (Å²) in [7, 11) is 0. The highest BCUT2D eigenvalue weighted by molar-refractivity contribution is 6.29. The van der Waals surface area contributed by atoms with Crippen molar-refractivity contribution in [3.63, 3.8) is 0 Å². The van der Waals surface area contributed by atoms with Crippen LogP contribution >= 0.6 is 0 Å². The zero-order valence-electron chi connectivity index (χ0n) is 10.7. The van der Waals surface area contributed by atoms with Crippen molar-refractivity contribution in [2.75, 3.05) is 0 Å². The van der Waals surface area contributed by atoms with Gasteiger partial charge in [-0.05, 0) is 44.0 Å². The summed E-state index contributed by atoms with van der Waals surface area (Å²) in [6, 6.07) is 5.85. The number of benzene rings is 1. The van der Waals surface area contributed by atoms with Crippen LogP contribution in [0, 0.1) is 13.8 Å². The predicted octanol–water partition coefficient (Wildman–Crippen LogP) is 2.44. The summed E-state index contributed by atoms with van der Waals surface area (Å²) in [5.74, 6) is 0.0678. The van der Waals surface area contributed by atoms with E-state index in [0.717, 1.165) is 11.3 Å². The maximum Gasteiger partial charge on any atom is 0.259 e. The van der Waals surface area contributed by atoms with Crippen LogP contribution in [0.15, 0.2) is 40.3 Å². The van der Waals surface area contributed by atoms with Gasteiger partial charge in [0.25, 0.3) is 5.91 Å². The topological polar surface area (TPSA) is 53.8 Å². The number of guanidine groups is 1. The van der Waals surface area contributed by atoms with E-state index in [-0.39, 0.29) is 5.91 Å². The van der Waals surface area contributed by atoms with E-state index in [1.807, 2.05) is 32.0 Å². The van der Waals surface area contributed by atoms with E-state index < -0.39 is 0 Å². The third-order valence-electron chi connectivity index (χ3n) is 2.94. The van der Waals surface area contributed by atoms with Crippen molar-refractivity contribution in [3.05, 3.63) is 41.5 Å². The van der Waals surface area contributed by atoms with Crippen molar-refractivity contribution in [1.29, 1.82) is 0 Å². The Hall–Kier alpha value is -2.23. The van der Waals surface area contributed by atoms with Crippen LogP contribution in [0.3, 0.4) is 0 Å². The summed E-state index contributed by atoms with van der Waals surface area (Å²) in [6.07, 6.45) is 0. The highest BCUT2D eigenvalue weighted by atomic mass is 16.2. The second-order valence-corrected chi connectivity index (χ2v) is 4.33. The maximum atomic E-state index is 11.6. The van der Waals surface area contributed by atoms with Gasteiger partial charge >= 0.3 is 0 Å². The molecule has 0 spiro atoms. The largest absolute Gasteiger partial charge is 0.290 e. The molecule has 0 aromatic heterocycles. The van der Waals surface area contributed by atoms with E-state index in [2.05, 4.69) is 21.9 Å². The molecule has 1 aliphatic rings. The lowest BCUT2D eigenvalue weighted by molar-refractivity contribution is -0.115. The Morgan fingerprint density at radius 3 is 2.56 bits per heavy atom. The fourth-order valence-corrected chi connectivity index (χ4v) is 1.57. The average molecular weight is 241 g/mol. The van der Waals surface area contributed by atoms with Gasteiger partial charge < -0.3 is 0 Å². The lowest BCUT2D eigenvalue weighted by atomic mass is 10.1. The van der Waals surface area contributed by atoms with Gasteiger partial charge in [0.1, 0.15) is 0 Å². The molecule has 0 aliphatic carbocycles. The molecule has 0 saturated heterocycles. The number of aryl methyl sites for hydroxylation is 2. The van der Waals surface area contributed by atoms with Crippen LogP contribution < -0.4 is 5.32 Å². The molecule has 1 N–H and O–H groups in total. The minimum Gasteiger partial charge on any atom is -0.290 e.